The van der Waals surface area contributed by atoms with E-state index in [-0.39, 0.29) is 6.42 Å². The van der Waals surface area contributed by atoms with Crippen LogP contribution in [0, 0.1) is 0 Å². The molecule has 4 heteroatoms. The lowest BCUT2D eigenvalue weighted by Crippen LogP contribution is -2.33. The Bertz CT molecular complexity index is 786. The van der Waals surface area contributed by atoms with E-state index >= 15 is 0 Å². The number of benzene rings is 2. The first kappa shape index (κ1) is 16.4. The Hall–Kier alpha value is -2.04. The van der Waals surface area contributed by atoms with Crippen LogP contribution in [0.5, 0.6) is 0 Å². The van der Waals surface area contributed by atoms with Gasteiger partial charge in [0.15, 0.2) is 0 Å². The maximum Gasteiger partial charge on any atom is 0.304 e. The summed E-state index contributed by atoms with van der Waals surface area (Å²) in [4.78, 5) is 15.7. The standard InChI is InChI=1S/C21H21NO2S/c23-20(24)11-14-22-12-9-15(10-13-22)21-16-5-1-3-7-18(16)25-19-8-4-2-6-17(19)21/h1-8H,9-14H2,(H,23,24). The normalized spacial score (nSPS) is 17.1. The average molecular weight is 351 g/mol. The zero-order valence-corrected chi connectivity index (χ0v) is 14.9. The van der Waals surface area contributed by atoms with Crippen LogP contribution in [0.15, 0.2) is 63.9 Å². The van der Waals surface area contributed by atoms with Gasteiger partial charge in [0.1, 0.15) is 0 Å². The zero-order valence-electron chi connectivity index (χ0n) is 14.1. The lowest BCUT2D eigenvalue weighted by Gasteiger charge is -2.31. The third kappa shape index (κ3) is 3.37. The van der Waals surface area contributed by atoms with Gasteiger partial charge in [0, 0.05) is 29.4 Å². The van der Waals surface area contributed by atoms with Crippen molar-refractivity contribution in [3.05, 3.63) is 65.2 Å². The first-order valence-corrected chi connectivity index (χ1v) is 9.57. The largest absolute Gasteiger partial charge is 0.481 e. The second-order valence-electron chi connectivity index (χ2n) is 6.56. The number of piperidine rings is 1. The molecule has 25 heavy (non-hydrogen) atoms. The van der Waals surface area contributed by atoms with Gasteiger partial charge in [-0.3, -0.25) is 4.79 Å². The van der Waals surface area contributed by atoms with Crippen molar-refractivity contribution in [2.75, 3.05) is 19.6 Å². The fourth-order valence-corrected chi connectivity index (χ4v) is 4.81. The molecule has 1 saturated heterocycles. The topological polar surface area (TPSA) is 40.5 Å². The van der Waals surface area contributed by atoms with Crippen molar-refractivity contribution in [3.63, 3.8) is 0 Å². The predicted octanol–water partition coefficient (Wildman–Crippen LogP) is 4.52. The van der Waals surface area contributed by atoms with E-state index in [2.05, 4.69) is 53.4 Å². The second kappa shape index (κ2) is 7.06. The molecule has 0 radical (unpaired) electrons. The van der Waals surface area contributed by atoms with E-state index in [1.807, 2.05) is 11.8 Å². The molecule has 0 bridgehead atoms. The van der Waals surface area contributed by atoms with Crippen LogP contribution >= 0.6 is 11.8 Å². The molecule has 1 N–H and O–H groups in total. The first-order chi connectivity index (χ1) is 12.2. The molecule has 2 aliphatic rings. The van der Waals surface area contributed by atoms with Crippen LogP contribution in [-0.2, 0) is 4.79 Å². The highest BCUT2D eigenvalue weighted by atomic mass is 32.2. The van der Waals surface area contributed by atoms with Crippen molar-refractivity contribution in [2.24, 2.45) is 0 Å². The third-order valence-corrected chi connectivity index (χ3v) is 6.14. The van der Waals surface area contributed by atoms with Crippen molar-refractivity contribution in [1.82, 2.24) is 4.90 Å². The van der Waals surface area contributed by atoms with Gasteiger partial charge in [0.25, 0.3) is 0 Å². The smallest absolute Gasteiger partial charge is 0.304 e. The summed E-state index contributed by atoms with van der Waals surface area (Å²) in [6.07, 6.45) is 2.26. The van der Waals surface area contributed by atoms with Gasteiger partial charge >= 0.3 is 5.97 Å². The monoisotopic (exact) mass is 351 g/mol. The fourth-order valence-electron chi connectivity index (χ4n) is 3.72. The van der Waals surface area contributed by atoms with Crippen LogP contribution in [0.2, 0.25) is 0 Å². The van der Waals surface area contributed by atoms with Crippen LogP contribution in [0.4, 0.5) is 0 Å². The van der Waals surface area contributed by atoms with Crippen molar-refractivity contribution in [1.29, 1.82) is 0 Å². The predicted molar refractivity (Wildman–Crippen MR) is 101 cm³/mol. The molecule has 4 rings (SSSR count). The van der Waals surface area contributed by atoms with E-state index in [0.717, 1.165) is 25.9 Å². The molecule has 2 heterocycles. The maximum atomic E-state index is 10.8. The van der Waals surface area contributed by atoms with E-state index in [0.29, 0.717) is 6.54 Å². The van der Waals surface area contributed by atoms with Crippen molar-refractivity contribution < 1.29 is 9.90 Å². The van der Waals surface area contributed by atoms with E-state index in [4.69, 9.17) is 5.11 Å². The van der Waals surface area contributed by atoms with Crippen molar-refractivity contribution >= 4 is 23.3 Å². The van der Waals surface area contributed by atoms with Gasteiger partial charge in [-0.1, -0.05) is 53.7 Å². The molecule has 0 spiro atoms. The first-order valence-electron chi connectivity index (χ1n) is 8.75. The van der Waals surface area contributed by atoms with Crippen molar-refractivity contribution in [2.45, 2.75) is 29.1 Å². The van der Waals surface area contributed by atoms with E-state index in [1.54, 1.807) is 0 Å². The van der Waals surface area contributed by atoms with E-state index in [9.17, 15) is 4.79 Å². The molecular weight excluding hydrogens is 330 g/mol. The summed E-state index contributed by atoms with van der Waals surface area (Å²) in [5, 5.41) is 8.88. The maximum absolute atomic E-state index is 10.8. The number of nitrogens with zero attached hydrogens (tertiary/aromatic N) is 1. The Balaban J connectivity index is 1.66. The number of fused-ring (bicyclic) bond motifs is 2. The van der Waals surface area contributed by atoms with Crippen LogP contribution in [0.3, 0.4) is 0 Å². The second-order valence-corrected chi connectivity index (χ2v) is 7.64. The van der Waals surface area contributed by atoms with Gasteiger partial charge in [-0.25, -0.2) is 0 Å². The molecule has 2 aliphatic heterocycles. The quantitative estimate of drug-likeness (QED) is 0.753. The molecule has 0 saturated carbocycles. The lowest BCUT2D eigenvalue weighted by atomic mass is 9.88. The van der Waals surface area contributed by atoms with Crippen LogP contribution in [-0.4, -0.2) is 35.6 Å². The number of rotatable bonds is 3. The molecular formula is C21H21NO2S. The number of hydrogen-bond donors (Lipinski definition) is 1. The number of carboxylic acid groups (broad SMARTS) is 1. The Morgan fingerprint density at radius 2 is 1.52 bits per heavy atom. The Morgan fingerprint density at radius 3 is 2.08 bits per heavy atom. The Labute approximate surface area is 152 Å². The molecule has 0 aromatic heterocycles. The van der Waals surface area contributed by atoms with Crippen LogP contribution in [0.25, 0.3) is 5.57 Å². The Morgan fingerprint density at radius 1 is 0.960 bits per heavy atom. The summed E-state index contributed by atoms with van der Waals surface area (Å²) >= 11 is 1.85. The third-order valence-electron chi connectivity index (χ3n) is 4.99. The molecule has 0 amide bonds. The fraction of sp³-hybridized carbons (Fsp3) is 0.286. The minimum Gasteiger partial charge on any atom is -0.481 e. The molecule has 2 aromatic rings. The van der Waals surface area contributed by atoms with Crippen LogP contribution < -0.4 is 0 Å². The Kier molecular flexibility index (Phi) is 4.64. The van der Waals surface area contributed by atoms with Crippen LogP contribution in [0.1, 0.15) is 30.4 Å². The highest BCUT2D eigenvalue weighted by Crippen LogP contribution is 2.47. The molecule has 2 aromatic carbocycles. The van der Waals surface area contributed by atoms with Gasteiger partial charge in [-0.05, 0) is 41.7 Å². The molecule has 0 aliphatic carbocycles. The molecule has 3 nitrogen and oxygen atoms in total. The summed E-state index contributed by atoms with van der Waals surface area (Å²) in [5.41, 5.74) is 5.61. The van der Waals surface area contributed by atoms with Gasteiger partial charge in [0.2, 0.25) is 0 Å². The number of likely N-dealkylation sites (tertiary alicyclic amines) is 1. The number of carbonyl (C=O) groups is 1. The molecule has 128 valence electrons. The van der Waals surface area contributed by atoms with Crippen molar-refractivity contribution in [3.8, 4) is 0 Å². The summed E-state index contributed by atoms with van der Waals surface area (Å²) < 4.78 is 0. The summed E-state index contributed by atoms with van der Waals surface area (Å²) in [7, 11) is 0. The summed E-state index contributed by atoms with van der Waals surface area (Å²) in [6, 6.07) is 17.3. The lowest BCUT2D eigenvalue weighted by molar-refractivity contribution is -0.137. The summed E-state index contributed by atoms with van der Waals surface area (Å²) in [5.74, 6) is -0.712. The number of hydrogen-bond acceptors (Lipinski definition) is 3. The zero-order chi connectivity index (χ0) is 17.2. The SMILES string of the molecule is O=C(O)CCN1CCC(=C2c3ccccc3Sc3ccccc32)CC1. The summed E-state index contributed by atoms with van der Waals surface area (Å²) in [6.45, 7) is 2.55. The van der Waals surface area contributed by atoms with E-state index < -0.39 is 5.97 Å². The minimum atomic E-state index is -0.712. The van der Waals surface area contributed by atoms with Gasteiger partial charge in [-0.15, -0.1) is 0 Å². The van der Waals surface area contributed by atoms with Gasteiger partial charge in [-0.2, -0.15) is 0 Å². The molecule has 1 fully saturated rings. The number of carboxylic acids is 1. The highest BCUT2D eigenvalue weighted by Gasteiger charge is 2.25. The minimum absolute atomic E-state index is 0.230. The molecule has 0 unspecified atom stereocenters. The van der Waals surface area contributed by atoms with Gasteiger partial charge < -0.3 is 10.0 Å². The van der Waals surface area contributed by atoms with E-state index in [1.165, 1.54) is 32.1 Å². The highest BCUT2D eigenvalue weighted by molar-refractivity contribution is 7.99. The molecule has 0 atom stereocenters. The average Bonchev–Trinajstić information content (AvgIpc) is 2.65. The number of aliphatic carboxylic acids is 1. The van der Waals surface area contributed by atoms with Gasteiger partial charge in [0.05, 0.1) is 6.42 Å².